The second-order valence-corrected chi connectivity index (χ2v) is 23.2. The zero-order valence-electron chi connectivity index (χ0n) is 12.7. The van der Waals surface area contributed by atoms with E-state index in [1.165, 1.54) is 5.57 Å². The van der Waals surface area contributed by atoms with Gasteiger partial charge in [0.2, 0.25) is 0 Å². The van der Waals surface area contributed by atoms with Gasteiger partial charge in [0.05, 0.1) is 0 Å². The van der Waals surface area contributed by atoms with Gasteiger partial charge in [-0.3, -0.25) is 0 Å². The molecule has 2 aliphatic carbocycles. The van der Waals surface area contributed by atoms with Crippen molar-refractivity contribution in [2.45, 2.75) is 43.4 Å². The minimum atomic E-state index is -3.14. The molecule has 98 valence electrons. The van der Waals surface area contributed by atoms with Gasteiger partial charge in [0.1, 0.15) is 0 Å². The van der Waals surface area contributed by atoms with Crippen LogP contribution in [-0.2, 0) is 18.3 Å². The predicted octanol–water partition coefficient (Wildman–Crippen LogP) is 5.31. The van der Waals surface area contributed by atoms with Crippen molar-refractivity contribution in [1.29, 1.82) is 0 Å². The van der Waals surface area contributed by atoms with Gasteiger partial charge >= 0.3 is 113 Å². The Morgan fingerprint density at radius 1 is 1.17 bits per heavy atom. The van der Waals surface area contributed by atoms with Gasteiger partial charge < -0.3 is 0 Å². The van der Waals surface area contributed by atoms with Gasteiger partial charge in [-0.15, -0.1) is 0 Å². The van der Waals surface area contributed by atoms with Crippen molar-refractivity contribution in [2.75, 3.05) is 0 Å². The molecule has 0 spiro atoms. The molecule has 0 aromatic rings. The molecule has 0 aliphatic heterocycles. The van der Waals surface area contributed by atoms with Crippen LogP contribution in [0.2, 0.25) is 9.26 Å². The maximum absolute atomic E-state index is 4.85. The van der Waals surface area contributed by atoms with Crippen LogP contribution in [0.1, 0.15) is 34.1 Å². The van der Waals surface area contributed by atoms with Crippen LogP contribution in [-0.4, -0.2) is 4.21 Å². The summed E-state index contributed by atoms with van der Waals surface area (Å²) in [5.74, 6) is 0.602. The number of hydrogen-bond acceptors (Lipinski definition) is 0. The van der Waals surface area contributed by atoms with Gasteiger partial charge in [-0.1, -0.05) is 0 Å². The summed E-state index contributed by atoms with van der Waals surface area (Å²) < 4.78 is 13.2. The Hall–Kier alpha value is -0.287. The first-order chi connectivity index (χ1) is 8.15. The third kappa shape index (κ3) is 1.86. The Labute approximate surface area is 113 Å². The van der Waals surface area contributed by atoms with E-state index >= 15 is 0 Å². The summed E-state index contributed by atoms with van der Waals surface area (Å²) in [6.07, 6.45) is 7.96. The van der Waals surface area contributed by atoms with E-state index in [0.717, 1.165) is 6.42 Å². The molecule has 0 bridgehead atoms. The Kier molecular flexibility index (Phi) is 3.22. The van der Waals surface area contributed by atoms with Crippen LogP contribution >= 0.6 is 0 Å². The summed E-state index contributed by atoms with van der Waals surface area (Å²) in [7, 11) is 0. The third-order valence-electron chi connectivity index (χ3n) is 5.31. The molecule has 1 atom stereocenters. The Morgan fingerprint density at radius 3 is 2.17 bits per heavy atom. The second-order valence-electron chi connectivity index (χ2n) is 7.08. The standard InChI is InChI=1S/C9H13.C5H5.2CH3.CH2.Zr/c1-6-5-7(2)9(4)8(6)3;1-2-4-5-3-1;;;;/h6H,1-4H3;1-3H,4H2;2*1H3;1H2;. The average Bonchev–Trinajstić information content (AvgIpc) is 2.85. The second kappa shape index (κ2) is 4.10. The molecule has 0 N–H and O–H groups in total. The zero-order valence-corrected chi connectivity index (χ0v) is 15.2. The summed E-state index contributed by atoms with van der Waals surface area (Å²) in [6.45, 7) is 9.26. The molecule has 0 saturated carbocycles. The van der Waals surface area contributed by atoms with Crippen molar-refractivity contribution in [2.24, 2.45) is 5.92 Å². The normalized spacial score (nSPS) is 25.3. The van der Waals surface area contributed by atoms with Crippen molar-refractivity contribution >= 4 is 4.21 Å². The molecule has 0 nitrogen and oxygen atoms in total. The van der Waals surface area contributed by atoms with Gasteiger partial charge in [0, 0.05) is 0 Å². The molecular weight excluding hydrogens is 295 g/mol. The first kappa shape index (κ1) is 14.1. The van der Waals surface area contributed by atoms with E-state index < -0.39 is 18.3 Å². The number of rotatable bonds is 2. The SMILES string of the molecule is [CH2]=[Zr]([CH3])([CH3])([C]1=CC=CC1)[C]1=C(C)C(C)=C(C)C1C. The van der Waals surface area contributed by atoms with Crippen LogP contribution in [0.5, 0.6) is 0 Å². The van der Waals surface area contributed by atoms with E-state index in [1.807, 2.05) is 0 Å². The van der Waals surface area contributed by atoms with Crippen molar-refractivity contribution < 1.29 is 18.3 Å². The molecule has 2 aliphatic rings. The topological polar surface area (TPSA) is 0 Å². The molecule has 0 aromatic carbocycles. The van der Waals surface area contributed by atoms with Crippen molar-refractivity contribution in [3.05, 3.63) is 41.5 Å². The molecular formula is C17H26Zr. The fraction of sp³-hybridized carbons (Fsp3) is 0.471. The van der Waals surface area contributed by atoms with Gasteiger partial charge in [0.15, 0.2) is 0 Å². The molecule has 18 heavy (non-hydrogen) atoms. The molecule has 1 heteroatoms. The van der Waals surface area contributed by atoms with E-state index in [9.17, 15) is 0 Å². The number of allylic oxidation sites excluding steroid dienone is 8. The first-order valence-electron chi connectivity index (χ1n) is 6.98. The molecule has 2 rings (SSSR count). The van der Waals surface area contributed by atoms with Crippen LogP contribution in [0, 0.1) is 5.92 Å². The first-order valence-corrected chi connectivity index (χ1v) is 16.1. The molecule has 0 saturated heterocycles. The van der Waals surface area contributed by atoms with Crippen LogP contribution in [0.3, 0.4) is 0 Å². The van der Waals surface area contributed by atoms with E-state index in [0.29, 0.717) is 5.92 Å². The summed E-state index contributed by atoms with van der Waals surface area (Å²) >= 11 is -3.14. The number of hydrogen-bond donors (Lipinski definition) is 0. The summed E-state index contributed by atoms with van der Waals surface area (Å²) in [5, 5.41) is 0. The van der Waals surface area contributed by atoms with Crippen LogP contribution in [0.15, 0.2) is 41.5 Å². The van der Waals surface area contributed by atoms with Crippen LogP contribution in [0.25, 0.3) is 0 Å². The predicted molar refractivity (Wildman–Crippen MR) is 80.9 cm³/mol. The molecule has 0 fully saturated rings. The van der Waals surface area contributed by atoms with E-state index in [4.69, 9.17) is 4.21 Å². The molecule has 0 aromatic heterocycles. The van der Waals surface area contributed by atoms with Gasteiger partial charge in [-0.25, -0.2) is 0 Å². The summed E-state index contributed by atoms with van der Waals surface area (Å²) in [4.78, 5) is 0. The average molecular weight is 322 g/mol. The van der Waals surface area contributed by atoms with Crippen LogP contribution < -0.4 is 0 Å². The van der Waals surface area contributed by atoms with Gasteiger partial charge in [-0.2, -0.15) is 0 Å². The van der Waals surface area contributed by atoms with E-state index in [2.05, 4.69) is 55.2 Å². The Bertz CT molecular complexity index is 585. The molecule has 1 unspecified atom stereocenters. The zero-order chi connectivity index (χ0) is 13.7. The Balaban J connectivity index is 2.61. The van der Waals surface area contributed by atoms with Crippen molar-refractivity contribution in [1.82, 2.24) is 0 Å². The van der Waals surface area contributed by atoms with Gasteiger partial charge in [0.25, 0.3) is 0 Å². The summed E-state index contributed by atoms with van der Waals surface area (Å²) in [6, 6.07) is 0. The fourth-order valence-electron chi connectivity index (χ4n) is 3.87. The molecule has 0 heterocycles. The van der Waals surface area contributed by atoms with E-state index in [-0.39, 0.29) is 0 Å². The van der Waals surface area contributed by atoms with Crippen molar-refractivity contribution in [3.8, 4) is 0 Å². The maximum atomic E-state index is 4.85. The Morgan fingerprint density at radius 2 is 1.78 bits per heavy atom. The monoisotopic (exact) mass is 320 g/mol. The van der Waals surface area contributed by atoms with E-state index in [1.54, 1.807) is 17.7 Å². The fourth-order valence-corrected chi connectivity index (χ4v) is 15.5. The third-order valence-corrected chi connectivity index (χ3v) is 17.5. The van der Waals surface area contributed by atoms with Gasteiger partial charge in [-0.05, 0) is 0 Å². The molecule has 0 amide bonds. The summed E-state index contributed by atoms with van der Waals surface area (Å²) in [5.41, 5.74) is 4.61. The van der Waals surface area contributed by atoms with Crippen molar-refractivity contribution in [3.63, 3.8) is 0 Å². The minimum absolute atomic E-state index is 0.602. The van der Waals surface area contributed by atoms with Crippen LogP contribution in [0.4, 0.5) is 0 Å². The quantitative estimate of drug-likeness (QED) is 0.646. The molecule has 0 radical (unpaired) electrons.